The number of rotatable bonds is 2. The fourth-order valence-corrected chi connectivity index (χ4v) is 6.03. The van der Waals surface area contributed by atoms with Gasteiger partial charge in [0.2, 0.25) is 0 Å². The Labute approximate surface area is 204 Å². The largest absolute Gasteiger partial charge is 0.456 e. The molecule has 0 N–H and O–H groups in total. The van der Waals surface area contributed by atoms with E-state index in [1.807, 2.05) is 18.3 Å². The van der Waals surface area contributed by atoms with Gasteiger partial charge >= 0.3 is 0 Å². The average molecular weight is 452 g/mol. The molecule has 0 atom stereocenters. The number of aromatic nitrogens is 1. The first kappa shape index (κ1) is 20.2. The van der Waals surface area contributed by atoms with Crippen LogP contribution in [0.2, 0.25) is 0 Å². The summed E-state index contributed by atoms with van der Waals surface area (Å²) in [5.74, 6) is 0.912. The van der Waals surface area contributed by atoms with E-state index in [2.05, 4.69) is 99.6 Å². The first-order chi connectivity index (χ1) is 17.0. The van der Waals surface area contributed by atoms with E-state index in [9.17, 15) is 0 Å². The summed E-state index contributed by atoms with van der Waals surface area (Å²) in [6.07, 6.45) is 1.91. The van der Waals surface area contributed by atoms with Crippen LogP contribution in [0.25, 0.3) is 55.4 Å². The highest BCUT2D eigenvalue weighted by molar-refractivity contribution is 6.06. The van der Waals surface area contributed by atoms with Gasteiger partial charge in [-0.3, -0.25) is 4.98 Å². The van der Waals surface area contributed by atoms with Crippen molar-refractivity contribution in [2.45, 2.75) is 26.2 Å². The smallest absolute Gasteiger partial charge is 0.138 e. The SMILES string of the molecule is Cc1c(-c2ccnc(-c3cc4ccccc4c4c3C(C)(C)c3ccccc3-4)c2)oc2ccccc12. The molecule has 2 nitrogen and oxygen atoms in total. The van der Waals surface area contributed by atoms with Gasteiger partial charge in [-0.05, 0) is 64.2 Å². The van der Waals surface area contributed by atoms with Crippen molar-refractivity contribution >= 4 is 21.7 Å². The molecule has 1 aliphatic rings. The van der Waals surface area contributed by atoms with Gasteiger partial charge in [-0.1, -0.05) is 80.6 Å². The summed E-state index contributed by atoms with van der Waals surface area (Å²) >= 11 is 0. The Morgan fingerprint density at radius 2 is 1.49 bits per heavy atom. The lowest BCUT2D eigenvalue weighted by Crippen LogP contribution is -2.16. The molecule has 0 amide bonds. The Hall–Kier alpha value is -4.17. The Balaban J connectivity index is 1.51. The second-order valence-corrected chi connectivity index (χ2v) is 10.0. The lowest BCUT2D eigenvalue weighted by molar-refractivity contribution is 0.629. The number of aryl methyl sites for hydroxylation is 1. The summed E-state index contributed by atoms with van der Waals surface area (Å²) in [4.78, 5) is 4.89. The second kappa shape index (κ2) is 7.16. The number of pyridine rings is 1. The fourth-order valence-electron chi connectivity index (χ4n) is 6.03. The summed E-state index contributed by atoms with van der Waals surface area (Å²) in [5.41, 5.74) is 10.6. The van der Waals surface area contributed by atoms with Crippen LogP contribution in [-0.4, -0.2) is 4.98 Å². The second-order valence-electron chi connectivity index (χ2n) is 10.0. The molecule has 0 saturated carbocycles. The zero-order chi connectivity index (χ0) is 23.7. The van der Waals surface area contributed by atoms with E-state index in [1.165, 1.54) is 38.6 Å². The van der Waals surface area contributed by atoms with Gasteiger partial charge in [0.15, 0.2) is 0 Å². The van der Waals surface area contributed by atoms with Crippen LogP contribution in [0, 0.1) is 6.92 Å². The van der Waals surface area contributed by atoms with Gasteiger partial charge < -0.3 is 4.42 Å². The molecule has 6 aromatic rings. The zero-order valence-electron chi connectivity index (χ0n) is 20.1. The third-order valence-electron chi connectivity index (χ3n) is 7.69. The molecule has 1 aliphatic carbocycles. The van der Waals surface area contributed by atoms with Crippen molar-refractivity contribution in [2.24, 2.45) is 0 Å². The number of furan rings is 1. The monoisotopic (exact) mass is 451 g/mol. The number of hydrogen-bond donors (Lipinski definition) is 0. The molecule has 2 heteroatoms. The molecular weight excluding hydrogens is 426 g/mol. The fraction of sp³-hybridized carbons (Fsp3) is 0.121. The van der Waals surface area contributed by atoms with E-state index >= 15 is 0 Å². The minimum Gasteiger partial charge on any atom is -0.456 e. The highest BCUT2D eigenvalue weighted by atomic mass is 16.3. The minimum atomic E-state index is -0.127. The third kappa shape index (κ3) is 2.80. The lowest BCUT2D eigenvalue weighted by atomic mass is 9.78. The maximum absolute atomic E-state index is 6.30. The van der Waals surface area contributed by atoms with Crippen molar-refractivity contribution in [1.29, 1.82) is 0 Å². The van der Waals surface area contributed by atoms with Crippen LogP contribution in [0.15, 0.2) is 102 Å². The van der Waals surface area contributed by atoms with Crippen molar-refractivity contribution in [3.8, 4) is 33.7 Å². The van der Waals surface area contributed by atoms with E-state index in [0.717, 1.165) is 33.6 Å². The van der Waals surface area contributed by atoms with Crippen LogP contribution < -0.4 is 0 Å². The number of hydrogen-bond acceptors (Lipinski definition) is 2. The third-order valence-corrected chi connectivity index (χ3v) is 7.69. The molecular formula is C33H25NO. The van der Waals surface area contributed by atoms with E-state index < -0.39 is 0 Å². The lowest BCUT2D eigenvalue weighted by Gasteiger charge is -2.25. The van der Waals surface area contributed by atoms with E-state index in [1.54, 1.807) is 0 Å². The van der Waals surface area contributed by atoms with Gasteiger partial charge in [0.25, 0.3) is 0 Å². The van der Waals surface area contributed by atoms with Crippen molar-refractivity contribution in [3.05, 3.63) is 114 Å². The Morgan fingerprint density at radius 1 is 0.743 bits per heavy atom. The van der Waals surface area contributed by atoms with Crippen LogP contribution in [0.1, 0.15) is 30.5 Å². The maximum Gasteiger partial charge on any atom is 0.138 e. The molecule has 35 heavy (non-hydrogen) atoms. The van der Waals surface area contributed by atoms with Gasteiger partial charge in [0.05, 0.1) is 5.69 Å². The number of benzene rings is 4. The standard InChI is InChI=1S/C33H25NO/c1-20-23-11-7-9-15-29(23)35-32(20)22-16-17-34-28(19-22)26-18-21-10-4-5-12-24(21)30-25-13-6-8-14-27(25)33(2,3)31(26)30/h4-19H,1-3H3. The van der Waals surface area contributed by atoms with Crippen molar-refractivity contribution in [2.75, 3.05) is 0 Å². The van der Waals surface area contributed by atoms with Gasteiger partial charge in [0.1, 0.15) is 11.3 Å². The predicted octanol–water partition coefficient (Wildman–Crippen LogP) is 8.93. The Bertz CT molecular complexity index is 1790. The van der Waals surface area contributed by atoms with Crippen molar-refractivity contribution < 1.29 is 4.42 Å². The van der Waals surface area contributed by atoms with Gasteiger partial charge in [-0.2, -0.15) is 0 Å². The molecule has 0 radical (unpaired) electrons. The Kier molecular flexibility index (Phi) is 4.14. The van der Waals surface area contributed by atoms with E-state index in [4.69, 9.17) is 9.40 Å². The molecule has 7 rings (SSSR count). The number of fused-ring (bicyclic) bond motifs is 6. The predicted molar refractivity (Wildman–Crippen MR) is 145 cm³/mol. The van der Waals surface area contributed by atoms with Crippen LogP contribution in [-0.2, 0) is 5.41 Å². The van der Waals surface area contributed by atoms with E-state index in [0.29, 0.717) is 0 Å². The maximum atomic E-state index is 6.30. The van der Waals surface area contributed by atoms with Crippen molar-refractivity contribution in [3.63, 3.8) is 0 Å². The molecule has 0 bridgehead atoms. The summed E-state index contributed by atoms with van der Waals surface area (Å²) in [7, 11) is 0. The molecule has 168 valence electrons. The quantitative estimate of drug-likeness (QED) is 0.263. The number of nitrogens with zero attached hydrogens (tertiary/aromatic N) is 1. The molecule has 0 fully saturated rings. The molecule has 2 heterocycles. The molecule has 4 aromatic carbocycles. The van der Waals surface area contributed by atoms with Crippen LogP contribution in [0.4, 0.5) is 0 Å². The number of para-hydroxylation sites is 1. The molecule has 0 spiro atoms. The molecule has 0 saturated heterocycles. The molecule has 0 aliphatic heterocycles. The topological polar surface area (TPSA) is 26.0 Å². The summed E-state index contributed by atoms with van der Waals surface area (Å²) < 4.78 is 6.30. The zero-order valence-corrected chi connectivity index (χ0v) is 20.1. The summed E-state index contributed by atoms with van der Waals surface area (Å²) in [6, 6.07) is 32.3. The highest BCUT2D eigenvalue weighted by Crippen LogP contribution is 2.54. The van der Waals surface area contributed by atoms with Gasteiger partial charge in [0, 0.05) is 33.7 Å². The Morgan fingerprint density at radius 3 is 2.34 bits per heavy atom. The average Bonchev–Trinajstić information content (AvgIpc) is 3.36. The summed E-state index contributed by atoms with van der Waals surface area (Å²) in [6.45, 7) is 6.81. The first-order valence-electron chi connectivity index (χ1n) is 12.1. The van der Waals surface area contributed by atoms with Gasteiger partial charge in [-0.15, -0.1) is 0 Å². The first-order valence-corrected chi connectivity index (χ1v) is 12.1. The minimum absolute atomic E-state index is 0.127. The molecule has 2 aromatic heterocycles. The molecule has 0 unspecified atom stereocenters. The van der Waals surface area contributed by atoms with E-state index in [-0.39, 0.29) is 5.41 Å². The van der Waals surface area contributed by atoms with Crippen LogP contribution in [0.5, 0.6) is 0 Å². The highest BCUT2D eigenvalue weighted by Gasteiger charge is 2.38. The summed E-state index contributed by atoms with van der Waals surface area (Å²) in [5, 5.41) is 3.69. The van der Waals surface area contributed by atoms with Crippen LogP contribution >= 0.6 is 0 Å². The normalized spacial score (nSPS) is 13.8. The van der Waals surface area contributed by atoms with Gasteiger partial charge in [-0.25, -0.2) is 0 Å². The van der Waals surface area contributed by atoms with Crippen molar-refractivity contribution in [1.82, 2.24) is 4.98 Å². The van der Waals surface area contributed by atoms with Crippen LogP contribution in [0.3, 0.4) is 0 Å².